The molecular formula is C23H24N4O4S. The zero-order valence-corrected chi connectivity index (χ0v) is 19.2. The van der Waals surface area contributed by atoms with Crippen LogP contribution in [0.25, 0.3) is 0 Å². The lowest BCUT2D eigenvalue weighted by Crippen LogP contribution is -2.24. The molecule has 0 aliphatic carbocycles. The Bertz CT molecular complexity index is 1130. The molecule has 1 saturated heterocycles. The van der Waals surface area contributed by atoms with Gasteiger partial charge >= 0.3 is 0 Å². The summed E-state index contributed by atoms with van der Waals surface area (Å²) < 4.78 is 10.4. The molecule has 0 radical (unpaired) electrons. The van der Waals surface area contributed by atoms with Crippen molar-refractivity contribution in [2.45, 2.75) is 26.2 Å². The number of aromatic nitrogens is 2. The lowest BCUT2D eigenvalue weighted by molar-refractivity contribution is -0.117. The van der Waals surface area contributed by atoms with Gasteiger partial charge in [0, 0.05) is 36.2 Å². The monoisotopic (exact) mass is 452 g/mol. The molecule has 1 aliphatic rings. The number of methoxy groups -OCH3 is 2. The number of aryl methyl sites for hydroxylation is 2. The van der Waals surface area contributed by atoms with Crippen molar-refractivity contribution in [1.29, 1.82) is 0 Å². The first-order valence-corrected chi connectivity index (χ1v) is 10.9. The molecule has 8 nitrogen and oxygen atoms in total. The Labute approximate surface area is 190 Å². The van der Waals surface area contributed by atoms with Crippen molar-refractivity contribution in [3.05, 3.63) is 58.1 Å². The Morgan fingerprint density at radius 2 is 1.69 bits per heavy atom. The first kappa shape index (κ1) is 21.8. The van der Waals surface area contributed by atoms with Crippen LogP contribution in [0.5, 0.6) is 11.5 Å². The third-order valence-electron chi connectivity index (χ3n) is 5.27. The maximum absolute atomic E-state index is 12.7. The standard InChI is InChI=1S/C23H24N4O4S/c1-13-5-14(2)7-17(6-13)27-12-16(10-20(27)28)22-25-26-23(32-22)24-21(29)15-8-18(30-3)11-19(9-15)31-4/h5-9,11,16H,10,12H2,1-4H3,(H,24,26,29). The minimum absolute atomic E-state index is 0.0595. The van der Waals surface area contributed by atoms with Gasteiger partial charge in [0.15, 0.2) is 0 Å². The molecule has 32 heavy (non-hydrogen) atoms. The highest BCUT2D eigenvalue weighted by Gasteiger charge is 2.34. The summed E-state index contributed by atoms with van der Waals surface area (Å²) >= 11 is 1.28. The maximum atomic E-state index is 12.7. The number of hydrogen-bond acceptors (Lipinski definition) is 7. The fourth-order valence-electron chi connectivity index (χ4n) is 3.79. The second kappa shape index (κ2) is 8.96. The van der Waals surface area contributed by atoms with Crippen LogP contribution in [-0.2, 0) is 4.79 Å². The van der Waals surface area contributed by atoms with Gasteiger partial charge in [0.05, 0.1) is 14.2 Å². The van der Waals surface area contributed by atoms with E-state index in [1.165, 1.54) is 25.6 Å². The van der Waals surface area contributed by atoms with Crippen LogP contribution in [0.3, 0.4) is 0 Å². The highest BCUT2D eigenvalue weighted by Crippen LogP contribution is 2.35. The van der Waals surface area contributed by atoms with Crippen LogP contribution in [0.2, 0.25) is 0 Å². The van der Waals surface area contributed by atoms with Gasteiger partial charge in [0.1, 0.15) is 16.5 Å². The van der Waals surface area contributed by atoms with Crippen molar-refractivity contribution in [2.75, 3.05) is 31.0 Å². The van der Waals surface area contributed by atoms with E-state index < -0.39 is 0 Å². The van der Waals surface area contributed by atoms with Gasteiger partial charge in [-0.25, -0.2) is 0 Å². The van der Waals surface area contributed by atoms with Gasteiger partial charge in [-0.15, -0.1) is 10.2 Å². The molecule has 9 heteroatoms. The smallest absolute Gasteiger partial charge is 0.257 e. The lowest BCUT2D eigenvalue weighted by Gasteiger charge is -2.17. The molecule has 4 rings (SSSR count). The molecule has 2 amide bonds. The highest BCUT2D eigenvalue weighted by atomic mass is 32.1. The van der Waals surface area contributed by atoms with Crippen molar-refractivity contribution >= 4 is 34.0 Å². The summed E-state index contributed by atoms with van der Waals surface area (Å²) in [6, 6.07) is 11.1. The van der Waals surface area contributed by atoms with E-state index in [1.54, 1.807) is 23.1 Å². The summed E-state index contributed by atoms with van der Waals surface area (Å²) in [6.45, 7) is 4.58. The summed E-state index contributed by atoms with van der Waals surface area (Å²) in [5.41, 5.74) is 3.52. The first-order valence-electron chi connectivity index (χ1n) is 10.1. The Morgan fingerprint density at radius 1 is 1.03 bits per heavy atom. The zero-order valence-electron chi connectivity index (χ0n) is 18.3. The molecule has 2 aromatic carbocycles. The predicted molar refractivity (Wildman–Crippen MR) is 123 cm³/mol. The molecule has 0 spiro atoms. The van der Waals surface area contributed by atoms with Crippen molar-refractivity contribution < 1.29 is 19.1 Å². The van der Waals surface area contributed by atoms with E-state index in [-0.39, 0.29) is 17.7 Å². The molecule has 0 saturated carbocycles. The molecule has 166 valence electrons. The third-order valence-corrected chi connectivity index (χ3v) is 6.27. The van der Waals surface area contributed by atoms with E-state index in [2.05, 4.69) is 21.6 Å². The molecule has 1 aliphatic heterocycles. The maximum Gasteiger partial charge on any atom is 0.257 e. The van der Waals surface area contributed by atoms with Crippen LogP contribution in [0, 0.1) is 13.8 Å². The summed E-state index contributed by atoms with van der Waals surface area (Å²) in [7, 11) is 3.05. The number of nitrogens with zero attached hydrogens (tertiary/aromatic N) is 3. The average Bonchev–Trinajstić information content (AvgIpc) is 3.39. The largest absolute Gasteiger partial charge is 0.497 e. The number of anilines is 2. The van der Waals surface area contributed by atoms with Crippen LogP contribution in [0.4, 0.5) is 10.8 Å². The SMILES string of the molecule is COc1cc(OC)cc(C(=O)Nc2nnc(C3CC(=O)N(c4cc(C)cc(C)c4)C3)s2)c1. The molecule has 1 unspecified atom stereocenters. The van der Waals surface area contributed by atoms with Gasteiger partial charge in [-0.3, -0.25) is 14.9 Å². The number of nitrogens with one attached hydrogen (secondary N) is 1. The van der Waals surface area contributed by atoms with E-state index in [0.717, 1.165) is 21.8 Å². The van der Waals surface area contributed by atoms with Gasteiger partial charge in [0.2, 0.25) is 11.0 Å². The highest BCUT2D eigenvalue weighted by molar-refractivity contribution is 7.15. The number of carbonyl (C=O) groups excluding carboxylic acids is 2. The van der Waals surface area contributed by atoms with Crippen molar-refractivity contribution in [1.82, 2.24) is 10.2 Å². The van der Waals surface area contributed by atoms with Gasteiger partial charge in [-0.1, -0.05) is 17.4 Å². The molecule has 0 bridgehead atoms. The quantitative estimate of drug-likeness (QED) is 0.609. The molecule has 1 fully saturated rings. The topological polar surface area (TPSA) is 93.6 Å². The summed E-state index contributed by atoms with van der Waals surface area (Å²) in [4.78, 5) is 27.1. The Morgan fingerprint density at radius 3 is 2.31 bits per heavy atom. The number of hydrogen-bond donors (Lipinski definition) is 1. The summed E-state index contributed by atoms with van der Waals surface area (Å²) in [5, 5.41) is 12.2. The van der Waals surface area contributed by atoms with Crippen molar-refractivity contribution in [2.24, 2.45) is 0 Å². The average molecular weight is 453 g/mol. The number of ether oxygens (including phenoxy) is 2. The number of carbonyl (C=O) groups is 2. The fraction of sp³-hybridized carbons (Fsp3) is 0.304. The fourth-order valence-corrected chi connectivity index (χ4v) is 4.62. The summed E-state index contributed by atoms with van der Waals surface area (Å²) in [6.07, 6.45) is 0.364. The second-order valence-electron chi connectivity index (χ2n) is 7.75. The zero-order chi connectivity index (χ0) is 22.8. The first-order chi connectivity index (χ1) is 15.4. The molecule has 1 atom stereocenters. The minimum atomic E-state index is -0.343. The lowest BCUT2D eigenvalue weighted by atomic mass is 10.1. The van der Waals surface area contributed by atoms with Gasteiger partial charge < -0.3 is 14.4 Å². The number of amides is 2. The Hall–Kier alpha value is -3.46. The molecular weight excluding hydrogens is 428 g/mol. The third kappa shape index (κ3) is 4.57. The van der Waals surface area contributed by atoms with Crippen LogP contribution < -0.4 is 19.7 Å². The van der Waals surface area contributed by atoms with E-state index in [0.29, 0.717) is 35.2 Å². The second-order valence-corrected chi connectivity index (χ2v) is 8.76. The number of rotatable bonds is 6. The molecule has 1 aromatic heterocycles. The minimum Gasteiger partial charge on any atom is -0.497 e. The van der Waals surface area contributed by atoms with E-state index in [4.69, 9.17) is 9.47 Å². The number of benzene rings is 2. The molecule has 3 aromatic rings. The van der Waals surface area contributed by atoms with E-state index in [1.807, 2.05) is 26.0 Å². The van der Waals surface area contributed by atoms with Crippen molar-refractivity contribution in [3.63, 3.8) is 0 Å². The van der Waals surface area contributed by atoms with Crippen LogP contribution in [-0.4, -0.2) is 42.8 Å². The van der Waals surface area contributed by atoms with Crippen LogP contribution in [0.15, 0.2) is 36.4 Å². The van der Waals surface area contributed by atoms with E-state index in [9.17, 15) is 9.59 Å². The van der Waals surface area contributed by atoms with Crippen molar-refractivity contribution in [3.8, 4) is 11.5 Å². The van der Waals surface area contributed by atoms with Crippen LogP contribution in [0.1, 0.15) is 38.8 Å². The van der Waals surface area contributed by atoms with Gasteiger partial charge in [0.25, 0.3) is 5.91 Å². The molecule has 1 N–H and O–H groups in total. The van der Waals surface area contributed by atoms with E-state index >= 15 is 0 Å². The Balaban J connectivity index is 1.47. The van der Waals surface area contributed by atoms with Gasteiger partial charge in [-0.05, 0) is 49.2 Å². The molecule has 2 heterocycles. The van der Waals surface area contributed by atoms with Crippen LogP contribution >= 0.6 is 11.3 Å². The summed E-state index contributed by atoms with van der Waals surface area (Å²) in [5.74, 6) is 0.684. The Kier molecular flexibility index (Phi) is 6.09. The normalized spacial score (nSPS) is 15.7. The predicted octanol–water partition coefficient (Wildman–Crippen LogP) is 3.94. The van der Waals surface area contributed by atoms with Gasteiger partial charge in [-0.2, -0.15) is 0 Å².